The largest absolute Gasteiger partial charge is 0.355 e. The van der Waals surface area contributed by atoms with Crippen LogP contribution in [0.15, 0.2) is 53.4 Å². The third kappa shape index (κ3) is 7.25. The zero-order chi connectivity index (χ0) is 24.1. The molecule has 0 unspecified atom stereocenters. The molecule has 3 rings (SSSR count). The number of halogens is 1. The number of carbonyl (C=O) groups excluding carboxylic acids is 1. The van der Waals surface area contributed by atoms with Crippen LogP contribution in [0.1, 0.15) is 24.0 Å². The maximum atomic E-state index is 12.6. The highest BCUT2D eigenvalue weighted by molar-refractivity contribution is 7.89. The van der Waals surface area contributed by atoms with Crippen molar-refractivity contribution in [1.82, 2.24) is 13.9 Å². The lowest BCUT2D eigenvalue weighted by Gasteiger charge is -2.19. The van der Waals surface area contributed by atoms with E-state index in [1.165, 1.54) is 4.31 Å². The summed E-state index contributed by atoms with van der Waals surface area (Å²) < 4.78 is 52.0. The first-order valence-corrected chi connectivity index (χ1v) is 14.3. The van der Waals surface area contributed by atoms with Gasteiger partial charge in [0.2, 0.25) is 26.0 Å². The molecule has 1 aliphatic heterocycles. The fourth-order valence-corrected chi connectivity index (χ4v) is 5.93. The Balaban J connectivity index is 1.51. The first-order valence-electron chi connectivity index (χ1n) is 10.6. The molecule has 1 saturated heterocycles. The van der Waals surface area contributed by atoms with Crippen molar-refractivity contribution in [2.75, 3.05) is 32.4 Å². The average Bonchev–Trinajstić information content (AvgIpc) is 3.30. The Morgan fingerprint density at radius 3 is 2.12 bits per heavy atom. The maximum Gasteiger partial charge on any atom is 0.243 e. The number of nitrogens with one attached hydrogen (secondary N) is 1. The maximum absolute atomic E-state index is 12.6. The predicted molar refractivity (Wildman–Crippen MR) is 128 cm³/mol. The van der Waals surface area contributed by atoms with Gasteiger partial charge in [-0.05, 0) is 54.7 Å². The Hall–Kier alpha value is -1.98. The molecule has 0 saturated carbocycles. The van der Waals surface area contributed by atoms with Crippen LogP contribution in [0.3, 0.4) is 0 Å². The summed E-state index contributed by atoms with van der Waals surface area (Å²) in [5.41, 5.74) is 1.60. The fraction of sp³-hybridized carbons (Fsp3) is 0.409. The van der Waals surface area contributed by atoms with Gasteiger partial charge in [-0.2, -0.15) is 8.61 Å². The van der Waals surface area contributed by atoms with Gasteiger partial charge in [0.15, 0.2) is 0 Å². The third-order valence-corrected chi connectivity index (χ3v) is 8.78. The lowest BCUT2D eigenvalue weighted by atomic mass is 10.1. The molecular weight excluding hydrogens is 486 g/mol. The summed E-state index contributed by atoms with van der Waals surface area (Å²) in [7, 11) is -7.04. The second-order valence-electron chi connectivity index (χ2n) is 8.01. The van der Waals surface area contributed by atoms with Gasteiger partial charge in [0.05, 0.1) is 17.7 Å². The van der Waals surface area contributed by atoms with Crippen LogP contribution >= 0.6 is 11.6 Å². The SMILES string of the molecule is CS(=O)(=O)N(CC(=O)NCCc1ccc(S(=O)(=O)N2CCCC2)cc1)Cc1ccc(Cl)cc1. The van der Waals surface area contributed by atoms with Crippen molar-refractivity contribution in [2.45, 2.75) is 30.7 Å². The molecule has 0 spiro atoms. The highest BCUT2D eigenvalue weighted by Gasteiger charge is 2.27. The molecule has 11 heteroatoms. The average molecular weight is 514 g/mol. The van der Waals surface area contributed by atoms with Crippen LogP contribution in [0.25, 0.3) is 0 Å². The van der Waals surface area contributed by atoms with Crippen molar-refractivity contribution in [3.05, 3.63) is 64.7 Å². The minimum Gasteiger partial charge on any atom is -0.355 e. The highest BCUT2D eigenvalue weighted by atomic mass is 35.5. The summed E-state index contributed by atoms with van der Waals surface area (Å²) in [6.45, 7) is 1.18. The van der Waals surface area contributed by atoms with Crippen LogP contribution in [-0.2, 0) is 37.8 Å². The summed E-state index contributed by atoms with van der Waals surface area (Å²) in [5.74, 6) is -0.414. The van der Waals surface area contributed by atoms with Gasteiger partial charge in [-0.3, -0.25) is 4.79 Å². The highest BCUT2D eigenvalue weighted by Crippen LogP contribution is 2.21. The minimum absolute atomic E-state index is 0.0658. The van der Waals surface area contributed by atoms with Crippen LogP contribution in [0, 0.1) is 0 Å². The molecule has 1 amide bonds. The van der Waals surface area contributed by atoms with Crippen LogP contribution in [0.4, 0.5) is 0 Å². The van der Waals surface area contributed by atoms with E-state index in [4.69, 9.17) is 11.6 Å². The first kappa shape index (κ1) is 25.6. The molecule has 1 heterocycles. The van der Waals surface area contributed by atoms with Gasteiger partial charge in [-0.15, -0.1) is 0 Å². The van der Waals surface area contributed by atoms with Crippen LogP contribution < -0.4 is 5.32 Å². The zero-order valence-corrected chi connectivity index (χ0v) is 20.8. The molecule has 180 valence electrons. The Kier molecular flexibility index (Phi) is 8.52. The molecule has 0 aliphatic carbocycles. The van der Waals surface area contributed by atoms with Crippen molar-refractivity contribution >= 4 is 37.6 Å². The monoisotopic (exact) mass is 513 g/mol. The van der Waals surface area contributed by atoms with E-state index < -0.39 is 26.0 Å². The summed E-state index contributed by atoms with van der Waals surface area (Å²) in [6, 6.07) is 13.4. The topological polar surface area (TPSA) is 104 Å². The number of carbonyl (C=O) groups is 1. The van der Waals surface area contributed by atoms with Gasteiger partial charge in [0.1, 0.15) is 0 Å². The molecule has 1 N–H and O–H groups in total. The zero-order valence-electron chi connectivity index (χ0n) is 18.4. The molecule has 0 aromatic heterocycles. The number of hydrogen-bond donors (Lipinski definition) is 1. The predicted octanol–water partition coefficient (Wildman–Crippen LogP) is 2.25. The quantitative estimate of drug-likeness (QED) is 0.524. The molecule has 1 fully saturated rings. The number of rotatable bonds is 10. The van der Waals surface area contributed by atoms with E-state index in [1.807, 2.05) is 0 Å². The molecule has 0 radical (unpaired) electrons. The minimum atomic E-state index is -3.59. The molecule has 0 bridgehead atoms. The summed E-state index contributed by atoms with van der Waals surface area (Å²) >= 11 is 5.86. The van der Waals surface area contributed by atoms with Crippen LogP contribution in [0.2, 0.25) is 5.02 Å². The number of sulfonamides is 2. The van der Waals surface area contributed by atoms with Crippen LogP contribution in [0.5, 0.6) is 0 Å². The van der Waals surface area contributed by atoms with Gasteiger partial charge < -0.3 is 5.32 Å². The smallest absolute Gasteiger partial charge is 0.243 e. The standard InChI is InChI=1S/C22H28ClN3O5S2/c1-32(28,29)26(16-19-4-8-20(23)9-5-19)17-22(27)24-13-12-18-6-10-21(11-7-18)33(30,31)25-14-2-3-15-25/h4-11H,2-3,12-17H2,1H3,(H,24,27). The Labute approximate surface area is 200 Å². The molecule has 8 nitrogen and oxygen atoms in total. The van der Waals surface area contributed by atoms with Crippen molar-refractivity contribution in [1.29, 1.82) is 0 Å². The second-order valence-corrected chi connectivity index (χ2v) is 12.4. The van der Waals surface area contributed by atoms with E-state index in [1.54, 1.807) is 48.5 Å². The molecule has 2 aromatic carbocycles. The van der Waals surface area contributed by atoms with Gasteiger partial charge in [-0.1, -0.05) is 35.9 Å². The molecule has 33 heavy (non-hydrogen) atoms. The van der Waals surface area contributed by atoms with E-state index >= 15 is 0 Å². The summed E-state index contributed by atoms with van der Waals surface area (Å²) in [5, 5.41) is 3.27. The second kappa shape index (κ2) is 11.0. The number of nitrogens with zero attached hydrogens (tertiary/aromatic N) is 2. The van der Waals surface area contributed by atoms with Gasteiger partial charge in [0, 0.05) is 31.2 Å². The Morgan fingerprint density at radius 2 is 1.55 bits per heavy atom. The van der Waals surface area contributed by atoms with Crippen LogP contribution in [-0.4, -0.2) is 63.8 Å². The third-order valence-electron chi connectivity index (χ3n) is 5.42. The Morgan fingerprint density at radius 1 is 0.970 bits per heavy atom. The number of benzene rings is 2. The van der Waals surface area contributed by atoms with E-state index in [9.17, 15) is 21.6 Å². The van der Waals surface area contributed by atoms with Gasteiger partial charge in [0.25, 0.3) is 0 Å². The van der Waals surface area contributed by atoms with E-state index in [2.05, 4.69) is 5.32 Å². The number of amides is 1. The van der Waals surface area contributed by atoms with Gasteiger partial charge >= 0.3 is 0 Å². The van der Waals surface area contributed by atoms with Crippen molar-refractivity contribution in [2.24, 2.45) is 0 Å². The lowest BCUT2D eigenvalue weighted by Crippen LogP contribution is -2.40. The summed E-state index contributed by atoms with van der Waals surface area (Å²) in [6.07, 6.45) is 3.32. The Bertz CT molecular complexity index is 1160. The van der Waals surface area contributed by atoms with E-state index in [0.717, 1.165) is 34.5 Å². The van der Waals surface area contributed by atoms with Gasteiger partial charge in [-0.25, -0.2) is 16.8 Å². The van der Waals surface area contributed by atoms with E-state index in [-0.39, 0.29) is 18.0 Å². The lowest BCUT2D eigenvalue weighted by molar-refractivity contribution is -0.121. The first-order chi connectivity index (χ1) is 15.6. The molecule has 1 aliphatic rings. The molecule has 0 atom stereocenters. The number of hydrogen-bond acceptors (Lipinski definition) is 5. The van der Waals surface area contributed by atoms with Crippen molar-refractivity contribution in [3.63, 3.8) is 0 Å². The molecular formula is C22H28ClN3O5S2. The van der Waals surface area contributed by atoms with Crippen molar-refractivity contribution in [3.8, 4) is 0 Å². The van der Waals surface area contributed by atoms with Crippen molar-refractivity contribution < 1.29 is 21.6 Å². The fourth-order valence-electron chi connectivity index (χ4n) is 3.55. The normalized spacial score (nSPS) is 15.1. The summed E-state index contributed by atoms with van der Waals surface area (Å²) in [4.78, 5) is 12.6. The van der Waals surface area contributed by atoms with E-state index in [0.29, 0.717) is 31.1 Å². The molecule has 2 aromatic rings.